The van der Waals surface area contributed by atoms with Gasteiger partial charge < -0.3 is 15.6 Å². The van der Waals surface area contributed by atoms with E-state index in [0.29, 0.717) is 13.1 Å². The Morgan fingerprint density at radius 1 is 1.37 bits per heavy atom. The second-order valence-corrected chi connectivity index (χ2v) is 5.00. The first-order valence-corrected chi connectivity index (χ1v) is 6.92. The molecule has 0 unspecified atom stereocenters. The van der Waals surface area contributed by atoms with Gasteiger partial charge in [-0.2, -0.15) is 0 Å². The van der Waals surface area contributed by atoms with Crippen LogP contribution >= 0.6 is 0 Å². The van der Waals surface area contributed by atoms with Crippen molar-refractivity contribution in [2.45, 2.75) is 38.1 Å². The second-order valence-electron chi connectivity index (χ2n) is 5.00. The number of aromatic nitrogens is 1. The van der Waals surface area contributed by atoms with Crippen LogP contribution in [0.1, 0.15) is 42.5 Å². The van der Waals surface area contributed by atoms with E-state index < -0.39 is 0 Å². The van der Waals surface area contributed by atoms with Gasteiger partial charge in [-0.25, -0.2) is 0 Å². The average Bonchev–Trinajstić information content (AvgIpc) is 2.45. The third-order valence-electron chi connectivity index (χ3n) is 3.70. The van der Waals surface area contributed by atoms with Gasteiger partial charge in [-0.1, -0.05) is 19.3 Å². The average molecular weight is 263 g/mol. The molecule has 5 nitrogen and oxygen atoms in total. The molecule has 1 aliphatic carbocycles. The predicted molar refractivity (Wildman–Crippen MR) is 74.0 cm³/mol. The second kappa shape index (κ2) is 6.52. The van der Waals surface area contributed by atoms with Crippen LogP contribution in [-0.2, 0) is 0 Å². The molecule has 0 radical (unpaired) electrons. The topological polar surface area (TPSA) is 79.2 Å². The Kier molecular flexibility index (Phi) is 4.74. The largest absolute Gasteiger partial charge is 0.367 e. The maximum absolute atomic E-state index is 12.5. The quantitative estimate of drug-likeness (QED) is 0.854. The fourth-order valence-corrected chi connectivity index (χ4v) is 2.72. The molecule has 1 saturated carbocycles. The van der Waals surface area contributed by atoms with Crippen molar-refractivity contribution in [2.24, 2.45) is 5.73 Å². The van der Waals surface area contributed by atoms with Gasteiger partial charge in [-0.05, 0) is 12.8 Å². The van der Waals surface area contributed by atoms with E-state index in [4.69, 9.17) is 5.73 Å². The Balaban J connectivity index is 2.20. The van der Waals surface area contributed by atoms with Gasteiger partial charge >= 0.3 is 0 Å². The normalized spacial score (nSPS) is 16.3. The molecule has 1 aromatic heterocycles. The first-order chi connectivity index (χ1) is 9.24. The zero-order valence-corrected chi connectivity index (χ0v) is 11.1. The van der Waals surface area contributed by atoms with Crippen LogP contribution in [0.5, 0.6) is 0 Å². The first-order valence-electron chi connectivity index (χ1n) is 6.92. The summed E-state index contributed by atoms with van der Waals surface area (Å²) in [5, 5.41) is 0. The summed E-state index contributed by atoms with van der Waals surface area (Å²) in [6.45, 7) is 0.935. The van der Waals surface area contributed by atoms with Gasteiger partial charge in [0.1, 0.15) is 5.56 Å². The molecule has 2 rings (SSSR count). The lowest BCUT2D eigenvalue weighted by Gasteiger charge is -2.34. The number of pyridine rings is 1. The number of nitrogens with two attached hydrogens (primary N) is 1. The lowest BCUT2D eigenvalue weighted by molar-refractivity contribution is 0.0640. The van der Waals surface area contributed by atoms with E-state index in [2.05, 4.69) is 4.98 Å². The minimum atomic E-state index is -0.235. The molecular weight excluding hydrogens is 242 g/mol. The van der Waals surface area contributed by atoms with E-state index >= 15 is 0 Å². The number of carbonyl (C=O) groups excluding carboxylic acids is 1. The van der Waals surface area contributed by atoms with Crippen LogP contribution in [0.2, 0.25) is 0 Å². The maximum atomic E-state index is 12.5. The summed E-state index contributed by atoms with van der Waals surface area (Å²) >= 11 is 0. The molecule has 1 amide bonds. The van der Waals surface area contributed by atoms with Crippen molar-refractivity contribution in [2.75, 3.05) is 13.1 Å². The molecule has 1 aliphatic rings. The molecular formula is C14H21N3O2. The van der Waals surface area contributed by atoms with Crippen LogP contribution in [0.15, 0.2) is 23.3 Å². The van der Waals surface area contributed by atoms with Gasteiger partial charge in [0.05, 0.1) is 0 Å². The van der Waals surface area contributed by atoms with Crippen molar-refractivity contribution in [3.05, 3.63) is 34.2 Å². The zero-order chi connectivity index (χ0) is 13.7. The van der Waals surface area contributed by atoms with Crippen molar-refractivity contribution >= 4 is 5.91 Å². The number of nitrogens with zero attached hydrogens (tertiary/aromatic N) is 1. The van der Waals surface area contributed by atoms with Crippen LogP contribution in [0.3, 0.4) is 0 Å². The number of carbonyl (C=O) groups is 1. The smallest absolute Gasteiger partial charge is 0.259 e. The molecule has 104 valence electrons. The fraction of sp³-hybridized carbons (Fsp3) is 0.571. The molecule has 1 heterocycles. The van der Waals surface area contributed by atoms with E-state index in [9.17, 15) is 9.59 Å². The number of aromatic amines is 1. The number of rotatable bonds is 4. The lowest BCUT2D eigenvalue weighted by Crippen LogP contribution is -2.45. The number of hydrogen-bond acceptors (Lipinski definition) is 3. The predicted octanol–water partition coefficient (Wildman–Crippen LogP) is 1.11. The molecule has 1 aromatic rings. The van der Waals surface area contributed by atoms with E-state index in [-0.39, 0.29) is 22.9 Å². The van der Waals surface area contributed by atoms with Crippen LogP contribution in [0, 0.1) is 0 Å². The van der Waals surface area contributed by atoms with Crippen LogP contribution < -0.4 is 11.2 Å². The van der Waals surface area contributed by atoms with Crippen LogP contribution in [-0.4, -0.2) is 34.9 Å². The molecule has 3 N–H and O–H groups in total. The minimum absolute atomic E-state index is 0.195. The number of nitrogens with one attached hydrogen (secondary N) is 1. The Bertz CT molecular complexity index is 478. The molecule has 0 atom stereocenters. The number of H-pyrrole nitrogens is 1. The summed E-state index contributed by atoms with van der Waals surface area (Å²) in [5.74, 6) is -0.195. The van der Waals surface area contributed by atoms with Gasteiger partial charge in [-0.3, -0.25) is 9.59 Å². The van der Waals surface area contributed by atoms with Crippen molar-refractivity contribution in [1.82, 2.24) is 9.88 Å². The SMILES string of the molecule is NCCN(C(=O)c1c[nH]ccc1=O)C1CCCCC1. The summed E-state index contributed by atoms with van der Waals surface area (Å²) in [4.78, 5) is 28.8. The maximum Gasteiger partial charge on any atom is 0.259 e. The molecule has 0 aliphatic heterocycles. The van der Waals surface area contributed by atoms with Gasteiger partial charge in [0.25, 0.3) is 5.91 Å². The van der Waals surface area contributed by atoms with Crippen LogP contribution in [0.4, 0.5) is 0 Å². The number of hydrogen-bond donors (Lipinski definition) is 2. The van der Waals surface area contributed by atoms with E-state index in [0.717, 1.165) is 25.7 Å². The molecule has 19 heavy (non-hydrogen) atoms. The van der Waals surface area contributed by atoms with Gasteiger partial charge in [0, 0.05) is 37.6 Å². The third-order valence-corrected chi connectivity index (χ3v) is 3.70. The highest BCUT2D eigenvalue weighted by Crippen LogP contribution is 2.23. The fourth-order valence-electron chi connectivity index (χ4n) is 2.72. The molecule has 0 aromatic carbocycles. The molecule has 5 heteroatoms. The van der Waals surface area contributed by atoms with E-state index in [1.807, 2.05) is 0 Å². The summed E-state index contributed by atoms with van der Waals surface area (Å²) in [6, 6.07) is 1.61. The van der Waals surface area contributed by atoms with Crippen molar-refractivity contribution in [1.29, 1.82) is 0 Å². The van der Waals surface area contributed by atoms with Crippen molar-refractivity contribution in [3.63, 3.8) is 0 Å². The van der Waals surface area contributed by atoms with Crippen molar-refractivity contribution < 1.29 is 4.79 Å². The third kappa shape index (κ3) is 3.23. The Morgan fingerprint density at radius 2 is 2.11 bits per heavy atom. The molecule has 0 bridgehead atoms. The molecule has 1 fully saturated rings. The Morgan fingerprint density at radius 3 is 2.74 bits per heavy atom. The van der Waals surface area contributed by atoms with Crippen molar-refractivity contribution in [3.8, 4) is 0 Å². The highest BCUT2D eigenvalue weighted by atomic mass is 16.2. The Hall–Kier alpha value is -1.62. The van der Waals surface area contributed by atoms with Gasteiger partial charge in [0.2, 0.25) is 0 Å². The standard InChI is InChI=1S/C14H21N3O2/c15-7-9-17(11-4-2-1-3-5-11)14(19)12-10-16-8-6-13(12)18/h6,8,10-11H,1-5,7,9,15H2,(H,16,18). The van der Waals surface area contributed by atoms with E-state index in [1.54, 1.807) is 4.90 Å². The monoisotopic (exact) mass is 263 g/mol. The summed E-state index contributed by atoms with van der Waals surface area (Å²) in [5.41, 5.74) is 5.59. The number of amides is 1. The molecule has 0 saturated heterocycles. The highest BCUT2D eigenvalue weighted by molar-refractivity contribution is 5.94. The zero-order valence-electron chi connectivity index (χ0n) is 11.1. The first kappa shape index (κ1) is 13.8. The molecule has 0 spiro atoms. The lowest BCUT2D eigenvalue weighted by atomic mass is 9.93. The van der Waals surface area contributed by atoms with E-state index in [1.165, 1.54) is 24.9 Å². The van der Waals surface area contributed by atoms with Crippen LogP contribution in [0.25, 0.3) is 0 Å². The minimum Gasteiger partial charge on any atom is -0.367 e. The highest BCUT2D eigenvalue weighted by Gasteiger charge is 2.26. The Labute approximate surface area is 112 Å². The summed E-state index contributed by atoms with van der Waals surface area (Å²) < 4.78 is 0. The summed E-state index contributed by atoms with van der Waals surface area (Å²) in [6.07, 6.45) is 8.55. The van der Waals surface area contributed by atoms with Gasteiger partial charge in [0.15, 0.2) is 5.43 Å². The van der Waals surface area contributed by atoms with Gasteiger partial charge in [-0.15, -0.1) is 0 Å². The summed E-state index contributed by atoms with van der Waals surface area (Å²) in [7, 11) is 0.